The Morgan fingerprint density at radius 2 is 1.90 bits per heavy atom. The van der Waals surface area contributed by atoms with Crippen LogP contribution in [0, 0.1) is 6.92 Å². The van der Waals surface area contributed by atoms with Gasteiger partial charge in [0, 0.05) is 17.1 Å². The molecule has 2 aromatic heterocycles. The van der Waals surface area contributed by atoms with E-state index in [1.165, 1.54) is 0 Å². The molecule has 0 saturated heterocycles. The fraction of sp³-hybridized carbons (Fsp3) is 0.125. The number of hydrogen-bond donors (Lipinski definition) is 2. The van der Waals surface area contributed by atoms with Gasteiger partial charge < -0.3 is 11.5 Å². The summed E-state index contributed by atoms with van der Waals surface area (Å²) in [6.45, 7) is 2.06. The van der Waals surface area contributed by atoms with Gasteiger partial charge in [-0.2, -0.15) is 0 Å². The zero-order chi connectivity index (χ0) is 14.1. The van der Waals surface area contributed by atoms with Gasteiger partial charge in [0.2, 0.25) is 0 Å². The van der Waals surface area contributed by atoms with Crippen molar-refractivity contribution in [3.8, 4) is 0 Å². The zero-order valence-electron chi connectivity index (χ0n) is 11.2. The second kappa shape index (κ2) is 4.90. The second-order valence-electron chi connectivity index (χ2n) is 4.84. The van der Waals surface area contributed by atoms with Crippen LogP contribution >= 0.6 is 0 Å². The van der Waals surface area contributed by atoms with E-state index in [2.05, 4.69) is 23.0 Å². The summed E-state index contributed by atoms with van der Waals surface area (Å²) in [4.78, 5) is 8.73. The quantitative estimate of drug-likeness (QED) is 0.745. The van der Waals surface area contributed by atoms with Crippen LogP contribution in [0.15, 0.2) is 48.7 Å². The van der Waals surface area contributed by atoms with Crippen LogP contribution in [0.2, 0.25) is 0 Å². The number of pyridine rings is 2. The fourth-order valence-corrected chi connectivity index (χ4v) is 2.39. The lowest BCUT2D eigenvalue weighted by Crippen LogP contribution is -2.16. The predicted molar refractivity (Wildman–Crippen MR) is 81.2 cm³/mol. The van der Waals surface area contributed by atoms with Gasteiger partial charge in [0.25, 0.3) is 0 Å². The Morgan fingerprint density at radius 3 is 2.70 bits per heavy atom. The summed E-state index contributed by atoms with van der Waals surface area (Å²) in [7, 11) is 0. The molecule has 0 aliphatic rings. The summed E-state index contributed by atoms with van der Waals surface area (Å²) in [6, 6.07) is 13.4. The predicted octanol–water partition coefficient (Wildman–Crippen LogP) is 2.57. The van der Waals surface area contributed by atoms with Crippen LogP contribution in [0.5, 0.6) is 0 Å². The summed E-state index contributed by atoms with van der Waals surface area (Å²) in [5.74, 6) is 0.451. The highest BCUT2D eigenvalue weighted by atomic mass is 14.9. The molecule has 3 rings (SSSR count). The van der Waals surface area contributed by atoms with Gasteiger partial charge in [-0.25, -0.2) is 4.98 Å². The molecule has 0 radical (unpaired) electrons. The van der Waals surface area contributed by atoms with E-state index in [0.717, 1.165) is 27.7 Å². The Morgan fingerprint density at radius 1 is 1.10 bits per heavy atom. The van der Waals surface area contributed by atoms with Gasteiger partial charge in [0.1, 0.15) is 5.82 Å². The Labute approximate surface area is 117 Å². The van der Waals surface area contributed by atoms with Crippen LogP contribution in [0.25, 0.3) is 10.9 Å². The van der Waals surface area contributed by atoms with E-state index in [9.17, 15) is 0 Å². The molecule has 0 saturated carbocycles. The number of rotatable bonds is 2. The fourth-order valence-electron chi connectivity index (χ4n) is 2.39. The molecule has 4 N–H and O–H groups in total. The second-order valence-corrected chi connectivity index (χ2v) is 4.84. The number of para-hydroxylation sites is 1. The van der Waals surface area contributed by atoms with Crippen LogP contribution in [-0.2, 0) is 0 Å². The van der Waals surface area contributed by atoms with Crippen LogP contribution in [-0.4, -0.2) is 9.97 Å². The van der Waals surface area contributed by atoms with Gasteiger partial charge in [-0.1, -0.05) is 24.3 Å². The maximum atomic E-state index is 6.29. The third kappa shape index (κ3) is 2.10. The van der Waals surface area contributed by atoms with Crippen molar-refractivity contribution in [1.82, 2.24) is 9.97 Å². The number of aromatic nitrogens is 2. The summed E-state index contributed by atoms with van der Waals surface area (Å²) in [5, 5.41) is 1.14. The molecule has 0 bridgehead atoms. The first-order valence-electron chi connectivity index (χ1n) is 6.49. The molecule has 0 aliphatic heterocycles. The lowest BCUT2D eigenvalue weighted by atomic mass is 10.0. The standard InChI is InChI=1S/C16H16N4/c1-10-9-14(20-13-7-3-2-5-11(10)13)15(17)12-6-4-8-19-16(12)18/h2-9,15H,17H2,1H3,(H2,18,19). The minimum Gasteiger partial charge on any atom is -0.383 e. The molecule has 1 unspecified atom stereocenters. The first-order chi connectivity index (χ1) is 9.66. The molecule has 1 atom stereocenters. The highest BCUT2D eigenvalue weighted by molar-refractivity contribution is 5.82. The molecular formula is C16H16N4. The highest BCUT2D eigenvalue weighted by Gasteiger charge is 2.15. The van der Waals surface area contributed by atoms with Crippen molar-refractivity contribution in [3.05, 3.63) is 65.5 Å². The number of nitrogens with two attached hydrogens (primary N) is 2. The molecule has 0 spiro atoms. The van der Waals surface area contributed by atoms with Crippen LogP contribution in [0.3, 0.4) is 0 Å². The summed E-state index contributed by atoms with van der Waals surface area (Å²) >= 11 is 0. The summed E-state index contributed by atoms with van der Waals surface area (Å²) in [6.07, 6.45) is 1.66. The van der Waals surface area contributed by atoms with Crippen molar-refractivity contribution in [3.63, 3.8) is 0 Å². The third-order valence-corrected chi connectivity index (χ3v) is 3.47. The van der Waals surface area contributed by atoms with E-state index in [1.807, 2.05) is 36.4 Å². The van der Waals surface area contributed by atoms with E-state index in [0.29, 0.717) is 5.82 Å². The molecule has 4 nitrogen and oxygen atoms in total. The van der Waals surface area contributed by atoms with Crippen LogP contribution < -0.4 is 11.5 Å². The van der Waals surface area contributed by atoms with Crippen molar-refractivity contribution in [1.29, 1.82) is 0 Å². The molecule has 2 heterocycles. The molecule has 0 amide bonds. The molecule has 1 aromatic carbocycles. The third-order valence-electron chi connectivity index (χ3n) is 3.47. The Balaban J connectivity index is 2.13. The minimum absolute atomic E-state index is 0.369. The maximum Gasteiger partial charge on any atom is 0.128 e. The van der Waals surface area contributed by atoms with Crippen LogP contribution in [0.4, 0.5) is 5.82 Å². The van der Waals surface area contributed by atoms with Crippen molar-refractivity contribution >= 4 is 16.7 Å². The average molecular weight is 264 g/mol. The van der Waals surface area contributed by atoms with Gasteiger partial charge in [-0.05, 0) is 30.7 Å². The molecular weight excluding hydrogens is 248 g/mol. The van der Waals surface area contributed by atoms with Gasteiger partial charge >= 0.3 is 0 Å². The normalized spacial score (nSPS) is 12.5. The maximum absolute atomic E-state index is 6.29. The molecule has 4 heteroatoms. The van der Waals surface area contributed by atoms with Gasteiger partial charge in [-0.15, -0.1) is 0 Å². The molecule has 0 aliphatic carbocycles. The van der Waals surface area contributed by atoms with E-state index in [1.54, 1.807) is 6.20 Å². The first kappa shape index (κ1) is 12.6. The number of aryl methyl sites for hydroxylation is 1. The SMILES string of the molecule is Cc1cc(C(N)c2cccnc2N)nc2ccccc12. The lowest BCUT2D eigenvalue weighted by molar-refractivity contribution is 0.831. The topological polar surface area (TPSA) is 77.8 Å². The van der Waals surface area contributed by atoms with Gasteiger partial charge in [-0.3, -0.25) is 4.98 Å². The number of fused-ring (bicyclic) bond motifs is 1. The van der Waals surface area contributed by atoms with Gasteiger partial charge in [0.15, 0.2) is 0 Å². The number of benzene rings is 1. The molecule has 100 valence electrons. The van der Waals surface area contributed by atoms with Crippen molar-refractivity contribution in [2.45, 2.75) is 13.0 Å². The van der Waals surface area contributed by atoms with Crippen molar-refractivity contribution < 1.29 is 0 Å². The molecule has 3 aromatic rings. The Kier molecular flexibility index (Phi) is 3.08. The van der Waals surface area contributed by atoms with E-state index < -0.39 is 0 Å². The van der Waals surface area contributed by atoms with E-state index >= 15 is 0 Å². The first-order valence-corrected chi connectivity index (χ1v) is 6.49. The smallest absolute Gasteiger partial charge is 0.128 e. The highest BCUT2D eigenvalue weighted by Crippen LogP contribution is 2.25. The van der Waals surface area contributed by atoms with Crippen molar-refractivity contribution in [2.75, 3.05) is 5.73 Å². The lowest BCUT2D eigenvalue weighted by Gasteiger charge is -2.15. The van der Waals surface area contributed by atoms with Crippen molar-refractivity contribution in [2.24, 2.45) is 5.73 Å². The van der Waals surface area contributed by atoms with E-state index in [-0.39, 0.29) is 6.04 Å². The average Bonchev–Trinajstić information content (AvgIpc) is 2.47. The Bertz CT molecular complexity index is 767. The zero-order valence-corrected chi connectivity index (χ0v) is 11.2. The summed E-state index contributed by atoms with van der Waals surface area (Å²) in [5.41, 5.74) is 15.9. The van der Waals surface area contributed by atoms with E-state index in [4.69, 9.17) is 11.5 Å². The van der Waals surface area contributed by atoms with Gasteiger partial charge in [0.05, 0.1) is 17.3 Å². The number of anilines is 1. The Hall–Kier alpha value is -2.46. The largest absolute Gasteiger partial charge is 0.383 e. The number of nitrogen functional groups attached to an aromatic ring is 1. The minimum atomic E-state index is -0.369. The number of hydrogen-bond acceptors (Lipinski definition) is 4. The monoisotopic (exact) mass is 264 g/mol. The molecule has 20 heavy (non-hydrogen) atoms. The number of nitrogens with zero attached hydrogens (tertiary/aromatic N) is 2. The summed E-state index contributed by atoms with van der Waals surface area (Å²) < 4.78 is 0. The van der Waals surface area contributed by atoms with Crippen LogP contribution in [0.1, 0.15) is 22.9 Å². The molecule has 0 fully saturated rings.